The van der Waals surface area contributed by atoms with Crippen molar-refractivity contribution in [3.05, 3.63) is 12.3 Å². The van der Waals surface area contributed by atoms with Crippen molar-refractivity contribution in [2.45, 2.75) is 13.3 Å². The first kappa shape index (κ1) is 12.0. The van der Waals surface area contributed by atoms with Gasteiger partial charge in [-0.15, -0.1) is 0 Å². The van der Waals surface area contributed by atoms with Crippen LogP contribution in [0.1, 0.15) is 13.3 Å². The number of allylic oxidation sites excluding steroid dienone is 1. The molecule has 0 aromatic heterocycles. The first-order chi connectivity index (χ1) is 7.25. The molecule has 86 valence electrons. The van der Waals surface area contributed by atoms with Crippen molar-refractivity contribution in [1.82, 2.24) is 15.1 Å². The minimum atomic E-state index is 1.04. The Morgan fingerprint density at radius 1 is 1.33 bits per heavy atom. The van der Waals surface area contributed by atoms with Crippen LogP contribution in [0.4, 0.5) is 0 Å². The molecule has 4 nitrogen and oxygen atoms in total. The van der Waals surface area contributed by atoms with Gasteiger partial charge in [0, 0.05) is 39.9 Å². The monoisotopic (exact) mass is 210 g/mol. The van der Waals surface area contributed by atoms with Gasteiger partial charge in [-0.25, -0.2) is 4.99 Å². The van der Waals surface area contributed by atoms with Gasteiger partial charge in [-0.2, -0.15) is 0 Å². The van der Waals surface area contributed by atoms with E-state index in [4.69, 9.17) is 0 Å². The Morgan fingerprint density at radius 3 is 2.80 bits per heavy atom. The summed E-state index contributed by atoms with van der Waals surface area (Å²) in [4.78, 5) is 8.88. The van der Waals surface area contributed by atoms with E-state index >= 15 is 0 Å². The van der Waals surface area contributed by atoms with Crippen LogP contribution in [-0.4, -0.2) is 56.0 Å². The fourth-order valence-corrected chi connectivity index (χ4v) is 1.67. The molecule has 0 spiro atoms. The van der Waals surface area contributed by atoms with Gasteiger partial charge in [-0.3, -0.25) is 0 Å². The second kappa shape index (κ2) is 6.45. The normalized spacial score (nSPS) is 19.4. The number of rotatable bonds is 1. The molecule has 0 amide bonds. The van der Waals surface area contributed by atoms with Crippen LogP contribution in [0.5, 0.6) is 0 Å². The van der Waals surface area contributed by atoms with E-state index in [1.807, 2.05) is 33.3 Å². The number of aliphatic imine (C=N–C) groups is 1. The highest BCUT2D eigenvalue weighted by Gasteiger charge is 2.14. The Hall–Kier alpha value is -1.03. The van der Waals surface area contributed by atoms with Crippen LogP contribution in [0.2, 0.25) is 0 Å². The predicted molar refractivity (Wildman–Crippen MR) is 65.0 cm³/mol. The minimum absolute atomic E-state index is 1.04. The molecule has 1 fully saturated rings. The lowest BCUT2D eigenvalue weighted by Crippen LogP contribution is -2.42. The summed E-state index contributed by atoms with van der Waals surface area (Å²) in [5, 5.41) is 3.39. The maximum atomic E-state index is 4.47. The Morgan fingerprint density at radius 2 is 2.13 bits per heavy atom. The van der Waals surface area contributed by atoms with E-state index in [2.05, 4.69) is 20.1 Å². The van der Waals surface area contributed by atoms with E-state index in [-0.39, 0.29) is 0 Å². The fraction of sp³-hybridized carbons (Fsp3) is 0.727. The van der Waals surface area contributed by atoms with Crippen LogP contribution in [0.3, 0.4) is 0 Å². The standard InChI is InChI=1S/C11H22N4/c1-4-6-13-11(14(2)3)15-9-5-7-12-8-10-15/h4,6,12H,5,7-10H2,1-3H3/b6-4+,13-11+. The molecular formula is C11H22N4. The van der Waals surface area contributed by atoms with Gasteiger partial charge in [0.2, 0.25) is 5.96 Å². The summed E-state index contributed by atoms with van der Waals surface area (Å²) < 4.78 is 0. The van der Waals surface area contributed by atoms with Crippen LogP contribution < -0.4 is 5.32 Å². The molecule has 0 atom stereocenters. The highest BCUT2D eigenvalue weighted by molar-refractivity contribution is 5.80. The van der Waals surface area contributed by atoms with Gasteiger partial charge in [-0.1, -0.05) is 6.08 Å². The fourth-order valence-electron chi connectivity index (χ4n) is 1.67. The lowest BCUT2D eigenvalue weighted by molar-refractivity contribution is 0.385. The van der Waals surface area contributed by atoms with Crippen LogP contribution in [0.15, 0.2) is 17.3 Å². The quantitative estimate of drug-likeness (QED) is 0.511. The van der Waals surface area contributed by atoms with Crippen molar-refractivity contribution >= 4 is 5.96 Å². The lowest BCUT2D eigenvalue weighted by atomic mass is 10.4. The van der Waals surface area contributed by atoms with Crippen molar-refractivity contribution in [2.24, 2.45) is 4.99 Å². The van der Waals surface area contributed by atoms with Crippen LogP contribution in [0.25, 0.3) is 0 Å². The van der Waals surface area contributed by atoms with Gasteiger partial charge in [0.15, 0.2) is 0 Å². The third-order valence-corrected chi connectivity index (χ3v) is 2.36. The molecule has 1 aliphatic rings. The van der Waals surface area contributed by atoms with Crippen LogP contribution >= 0.6 is 0 Å². The van der Waals surface area contributed by atoms with Crippen LogP contribution in [0, 0.1) is 0 Å². The van der Waals surface area contributed by atoms with Crippen molar-refractivity contribution in [2.75, 3.05) is 40.3 Å². The molecule has 4 heteroatoms. The van der Waals surface area contributed by atoms with Crippen LogP contribution in [-0.2, 0) is 0 Å². The van der Waals surface area contributed by atoms with Gasteiger partial charge in [0.1, 0.15) is 0 Å². The first-order valence-electron chi connectivity index (χ1n) is 5.57. The lowest BCUT2D eigenvalue weighted by Gasteiger charge is -2.28. The van der Waals surface area contributed by atoms with Crippen molar-refractivity contribution in [3.63, 3.8) is 0 Å². The van der Waals surface area contributed by atoms with Gasteiger partial charge >= 0.3 is 0 Å². The maximum absolute atomic E-state index is 4.47. The van der Waals surface area contributed by atoms with E-state index < -0.39 is 0 Å². The summed E-state index contributed by atoms with van der Waals surface area (Å²) in [5.74, 6) is 1.05. The van der Waals surface area contributed by atoms with E-state index in [0.29, 0.717) is 0 Å². The summed E-state index contributed by atoms with van der Waals surface area (Å²) in [6, 6.07) is 0. The second-order valence-electron chi connectivity index (χ2n) is 3.90. The zero-order chi connectivity index (χ0) is 11.1. The smallest absolute Gasteiger partial charge is 0.200 e. The summed E-state index contributed by atoms with van der Waals surface area (Å²) in [6.45, 7) is 6.26. The van der Waals surface area contributed by atoms with Gasteiger partial charge in [0.05, 0.1) is 0 Å². The van der Waals surface area contributed by atoms with E-state index in [1.54, 1.807) is 0 Å². The molecule has 0 bridgehead atoms. The summed E-state index contributed by atoms with van der Waals surface area (Å²) in [6.07, 6.45) is 5.00. The highest BCUT2D eigenvalue weighted by atomic mass is 15.4. The zero-order valence-corrected chi connectivity index (χ0v) is 10.0. The van der Waals surface area contributed by atoms with E-state index in [1.165, 1.54) is 6.42 Å². The molecule has 0 aromatic carbocycles. The third-order valence-electron chi connectivity index (χ3n) is 2.36. The number of guanidine groups is 1. The number of hydrogen-bond acceptors (Lipinski definition) is 2. The predicted octanol–water partition coefficient (Wildman–Crippen LogP) is 0.733. The Kier molecular flexibility index (Phi) is 5.18. The Bertz CT molecular complexity index is 225. The van der Waals surface area contributed by atoms with E-state index in [9.17, 15) is 0 Å². The number of nitrogens with zero attached hydrogens (tertiary/aromatic N) is 3. The van der Waals surface area contributed by atoms with E-state index in [0.717, 1.165) is 32.1 Å². The number of hydrogen-bond donors (Lipinski definition) is 1. The summed E-state index contributed by atoms with van der Waals surface area (Å²) in [5.41, 5.74) is 0. The largest absolute Gasteiger partial charge is 0.349 e. The van der Waals surface area contributed by atoms with Gasteiger partial charge in [-0.05, 0) is 19.9 Å². The summed E-state index contributed by atoms with van der Waals surface area (Å²) in [7, 11) is 4.08. The average Bonchev–Trinajstić information content (AvgIpc) is 2.47. The highest BCUT2D eigenvalue weighted by Crippen LogP contribution is 2.00. The molecule has 1 aliphatic heterocycles. The molecule has 1 rings (SSSR count). The molecular weight excluding hydrogens is 188 g/mol. The molecule has 0 radical (unpaired) electrons. The first-order valence-corrected chi connectivity index (χ1v) is 5.57. The zero-order valence-electron chi connectivity index (χ0n) is 10.0. The minimum Gasteiger partial charge on any atom is -0.349 e. The Balaban J connectivity index is 2.68. The van der Waals surface area contributed by atoms with Crippen molar-refractivity contribution < 1.29 is 0 Å². The molecule has 0 saturated carbocycles. The third kappa shape index (κ3) is 3.91. The van der Waals surface area contributed by atoms with Crippen molar-refractivity contribution in [1.29, 1.82) is 0 Å². The molecule has 0 unspecified atom stereocenters. The maximum Gasteiger partial charge on any atom is 0.200 e. The molecule has 15 heavy (non-hydrogen) atoms. The number of nitrogens with one attached hydrogen (secondary N) is 1. The molecule has 0 aromatic rings. The van der Waals surface area contributed by atoms with Gasteiger partial charge < -0.3 is 15.1 Å². The molecule has 1 saturated heterocycles. The topological polar surface area (TPSA) is 30.9 Å². The molecule has 0 aliphatic carbocycles. The Labute approximate surface area is 92.7 Å². The second-order valence-corrected chi connectivity index (χ2v) is 3.90. The molecule has 1 N–H and O–H groups in total. The average molecular weight is 210 g/mol. The van der Waals surface area contributed by atoms with Crippen molar-refractivity contribution in [3.8, 4) is 0 Å². The molecule has 1 heterocycles. The summed E-state index contributed by atoms with van der Waals surface area (Å²) >= 11 is 0. The van der Waals surface area contributed by atoms with Gasteiger partial charge in [0.25, 0.3) is 0 Å². The SMILES string of the molecule is C/C=C/N=C(\N(C)C)N1CCCNCC1.